The molecule has 0 aliphatic heterocycles. The molecule has 0 aliphatic carbocycles. The van der Waals surface area contributed by atoms with Gasteiger partial charge in [-0.1, -0.05) is 13.0 Å². The fraction of sp³-hybridized carbons (Fsp3) is 0.312. The smallest absolute Gasteiger partial charge is 0.319 e. The van der Waals surface area contributed by atoms with Gasteiger partial charge < -0.3 is 15.2 Å². The summed E-state index contributed by atoms with van der Waals surface area (Å²) in [6, 6.07) is 5.75. The Hall–Kier alpha value is -3.01. The van der Waals surface area contributed by atoms with E-state index < -0.39 is 11.9 Å². The van der Waals surface area contributed by atoms with Gasteiger partial charge in [-0.2, -0.15) is 5.26 Å². The lowest BCUT2D eigenvalue weighted by Gasteiger charge is -2.12. The molecule has 23 heavy (non-hydrogen) atoms. The van der Waals surface area contributed by atoms with Crippen molar-refractivity contribution in [2.45, 2.75) is 20.3 Å². The first-order chi connectivity index (χ1) is 11.0. The Labute approximate surface area is 134 Å². The monoisotopic (exact) mass is 317 g/mol. The van der Waals surface area contributed by atoms with Gasteiger partial charge in [0.1, 0.15) is 11.6 Å². The molecule has 0 heterocycles. The van der Waals surface area contributed by atoms with Crippen molar-refractivity contribution in [2.24, 2.45) is 5.73 Å². The zero-order valence-electron chi connectivity index (χ0n) is 13.1. The van der Waals surface area contributed by atoms with Crippen LogP contribution in [0.25, 0.3) is 6.08 Å². The maximum atomic E-state index is 11.6. The molecule has 0 aliphatic rings. The van der Waals surface area contributed by atoms with Crippen LogP contribution in [0.15, 0.2) is 23.8 Å². The number of amides is 3. The number of hydrogen-bond acceptors (Lipinski definition) is 5. The molecule has 1 aromatic carbocycles. The first-order valence-electron chi connectivity index (χ1n) is 7.14. The third-order valence-electron chi connectivity index (χ3n) is 2.64. The van der Waals surface area contributed by atoms with E-state index in [0.29, 0.717) is 30.3 Å². The zero-order chi connectivity index (χ0) is 17.2. The third kappa shape index (κ3) is 5.71. The summed E-state index contributed by atoms with van der Waals surface area (Å²) in [4.78, 5) is 22.3. The molecule has 0 bridgehead atoms. The van der Waals surface area contributed by atoms with E-state index in [1.165, 1.54) is 6.08 Å². The Morgan fingerprint density at radius 2 is 2.04 bits per heavy atom. The molecule has 0 spiro atoms. The Morgan fingerprint density at radius 3 is 2.61 bits per heavy atom. The minimum atomic E-state index is -1.02. The predicted molar refractivity (Wildman–Crippen MR) is 84.7 cm³/mol. The molecule has 3 N–H and O–H groups in total. The van der Waals surface area contributed by atoms with Gasteiger partial charge in [-0.05, 0) is 37.1 Å². The quantitative estimate of drug-likeness (QED) is 0.589. The second kappa shape index (κ2) is 9.10. The number of carbonyl (C=O) groups is 2. The van der Waals surface area contributed by atoms with Crippen LogP contribution in [0.1, 0.15) is 25.8 Å². The van der Waals surface area contributed by atoms with Crippen LogP contribution in [0.2, 0.25) is 0 Å². The summed E-state index contributed by atoms with van der Waals surface area (Å²) >= 11 is 0. The highest BCUT2D eigenvalue weighted by molar-refractivity contribution is 6.08. The molecule has 0 saturated heterocycles. The molecule has 0 fully saturated rings. The van der Waals surface area contributed by atoms with Crippen molar-refractivity contribution in [3.8, 4) is 17.6 Å². The fourth-order valence-corrected chi connectivity index (χ4v) is 1.71. The van der Waals surface area contributed by atoms with Crippen molar-refractivity contribution in [1.29, 1.82) is 5.26 Å². The lowest BCUT2D eigenvalue weighted by atomic mass is 10.1. The van der Waals surface area contributed by atoms with Gasteiger partial charge >= 0.3 is 6.03 Å². The van der Waals surface area contributed by atoms with Crippen LogP contribution >= 0.6 is 0 Å². The van der Waals surface area contributed by atoms with Crippen LogP contribution in [0.3, 0.4) is 0 Å². The summed E-state index contributed by atoms with van der Waals surface area (Å²) in [5, 5.41) is 10.9. The third-order valence-corrected chi connectivity index (χ3v) is 2.64. The van der Waals surface area contributed by atoms with Crippen LogP contribution < -0.4 is 20.5 Å². The molecular weight excluding hydrogens is 298 g/mol. The number of hydrogen-bond donors (Lipinski definition) is 2. The normalized spacial score (nSPS) is 10.6. The predicted octanol–water partition coefficient (Wildman–Crippen LogP) is 1.98. The number of nitrogens with one attached hydrogen (secondary N) is 1. The van der Waals surface area contributed by atoms with Gasteiger partial charge in [0.15, 0.2) is 11.5 Å². The van der Waals surface area contributed by atoms with Crippen LogP contribution in [-0.4, -0.2) is 25.2 Å². The van der Waals surface area contributed by atoms with Crippen molar-refractivity contribution in [3.05, 3.63) is 29.3 Å². The van der Waals surface area contributed by atoms with Crippen LogP contribution in [0.5, 0.6) is 11.5 Å². The molecule has 122 valence electrons. The Morgan fingerprint density at radius 1 is 1.30 bits per heavy atom. The highest BCUT2D eigenvalue weighted by Gasteiger charge is 2.12. The van der Waals surface area contributed by atoms with Crippen LogP contribution in [0.4, 0.5) is 4.79 Å². The molecule has 0 saturated carbocycles. The molecule has 0 atom stereocenters. The first kappa shape index (κ1) is 18.0. The standard InChI is InChI=1S/C16H19N3O4/c1-3-7-23-13-6-5-11(9-14(13)22-4-2)8-12(10-17)15(20)19-16(18)21/h5-6,8-9H,3-4,7H2,1-2H3,(H3,18,19,20,21)/b12-8+. The lowest BCUT2D eigenvalue weighted by molar-refractivity contribution is -0.115. The molecule has 7 nitrogen and oxygen atoms in total. The number of urea groups is 1. The maximum absolute atomic E-state index is 11.6. The number of benzene rings is 1. The molecule has 3 amide bonds. The molecule has 0 unspecified atom stereocenters. The highest BCUT2D eigenvalue weighted by Crippen LogP contribution is 2.29. The van der Waals surface area contributed by atoms with E-state index in [9.17, 15) is 9.59 Å². The highest BCUT2D eigenvalue weighted by atomic mass is 16.5. The Balaban J connectivity index is 3.09. The van der Waals surface area contributed by atoms with Crippen molar-refractivity contribution in [2.75, 3.05) is 13.2 Å². The van der Waals surface area contributed by atoms with Gasteiger partial charge in [-0.15, -0.1) is 0 Å². The maximum Gasteiger partial charge on any atom is 0.319 e. The first-order valence-corrected chi connectivity index (χ1v) is 7.14. The average Bonchev–Trinajstić information content (AvgIpc) is 2.51. The Bertz CT molecular complexity index is 647. The van der Waals surface area contributed by atoms with Gasteiger partial charge in [-0.25, -0.2) is 4.79 Å². The Kier molecular flexibility index (Phi) is 7.14. The molecule has 1 aromatic rings. The molecular formula is C16H19N3O4. The van der Waals surface area contributed by atoms with Crippen LogP contribution in [-0.2, 0) is 4.79 Å². The number of nitriles is 1. The van der Waals surface area contributed by atoms with Crippen molar-refractivity contribution in [3.63, 3.8) is 0 Å². The molecule has 7 heteroatoms. The topological polar surface area (TPSA) is 114 Å². The molecule has 1 rings (SSSR count). The molecule has 0 radical (unpaired) electrons. The largest absolute Gasteiger partial charge is 0.490 e. The van der Waals surface area contributed by atoms with Crippen molar-refractivity contribution >= 4 is 18.0 Å². The number of rotatable bonds is 7. The average molecular weight is 317 g/mol. The number of primary amides is 1. The lowest BCUT2D eigenvalue weighted by Crippen LogP contribution is -2.35. The number of nitrogens with two attached hydrogens (primary N) is 1. The summed E-state index contributed by atoms with van der Waals surface area (Å²) in [5.74, 6) is 0.248. The summed E-state index contributed by atoms with van der Waals surface area (Å²) in [6.07, 6.45) is 2.20. The van der Waals surface area contributed by atoms with E-state index in [1.54, 1.807) is 24.3 Å². The summed E-state index contributed by atoms with van der Waals surface area (Å²) in [6.45, 7) is 4.84. The minimum Gasteiger partial charge on any atom is -0.490 e. The van der Waals surface area contributed by atoms with Crippen molar-refractivity contribution in [1.82, 2.24) is 5.32 Å². The summed E-state index contributed by atoms with van der Waals surface area (Å²) < 4.78 is 11.1. The second-order valence-corrected chi connectivity index (χ2v) is 4.48. The number of ether oxygens (including phenoxy) is 2. The van der Waals surface area contributed by atoms with E-state index in [1.807, 2.05) is 19.2 Å². The number of imide groups is 1. The van der Waals surface area contributed by atoms with Gasteiger partial charge in [0.2, 0.25) is 0 Å². The number of nitrogens with zero attached hydrogens (tertiary/aromatic N) is 1. The van der Waals surface area contributed by atoms with E-state index in [0.717, 1.165) is 6.42 Å². The molecule has 0 aromatic heterocycles. The van der Waals surface area contributed by atoms with Gasteiger partial charge in [-0.3, -0.25) is 10.1 Å². The number of carbonyl (C=O) groups excluding carboxylic acids is 2. The SMILES string of the molecule is CCCOc1ccc(/C=C(\C#N)C(=O)NC(N)=O)cc1OCC. The van der Waals surface area contributed by atoms with E-state index >= 15 is 0 Å². The van der Waals surface area contributed by atoms with Gasteiger partial charge in [0, 0.05) is 0 Å². The van der Waals surface area contributed by atoms with Crippen molar-refractivity contribution < 1.29 is 19.1 Å². The van der Waals surface area contributed by atoms with Gasteiger partial charge in [0.25, 0.3) is 5.91 Å². The van der Waals surface area contributed by atoms with E-state index in [4.69, 9.17) is 20.5 Å². The zero-order valence-corrected chi connectivity index (χ0v) is 13.1. The van der Waals surface area contributed by atoms with Gasteiger partial charge in [0.05, 0.1) is 13.2 Å². The van der Waals surface area contributed by atoms with E-state index in [-0.39, 0.29) is 5.57 Å². The fourth-order valence-electron chi connectivity index (χ4n) is 1.71. The summed E-state index contributed by atoms with van der Waals surface area (Å²) in [5.41, 5.74) is 5.19. The second-order valence-electron chi connectivity index (χ2n) is 4.48. The minimum absolute atomic E-state index is 0.242. The van der Waals surface area contributed by atoms with Crippen LogP contribution in [0, 0.1) is 11.3 Å². The summed E-state index contributed by atoms with van der Waals surface area (Å²) in [7, 11) is 0. The van der Waals surface area contributed by atoms with E-state index in [2.05, 4.69) is 0 Å².